The minimum atomic E-state index is -0.867. The Morgan fingerprint density at radius 2 is 1.63 bits per heavy atom. The van der Waals surface area contributed by atoms with E-state index in [0.717, 1.165) is 5.56 Å². The molecular formula is C22H23N5O3. The number of carbonyl (C=O) groups is 3. The molecule has 8 nitrogen and oxygen atoms in total. The normalized spacial score (nSPS) is 11.3. The van der Waals surface area contributed by atoms with Gasteiger partial charge in [-0.1, -0.05) is 60.7 Å². The van der Waals surface area contributed by atoms with E-state index in [4.69, 9.17) is 0 Å². The summed E-state index contributed by atoms with van der Waals surface area (Å²) in [6.07, 6.45) is 3.33. The van der Waals surface area contributed by atoms with Gasteiger partial charge in [0, 0.05) is 19.2 Å². The molecule has 3 rings (SSSR count). The summed E-state index contributed by atoms with van der Waals surface area (Å²) in [5, 5.41) is 14.6. The van der Waals surface area contributed by atoms with Crippen LogP contribution in [0.15, 0.2) is 73.1 Å². The van der Waals surface area contributed by atoms with Gasteiger partial charge in [-0.15, -0.1) is 0 Å². The molecule has 0 aliphatic carbocycles. The molecule has 1 aromatic heterocycles. The monoisotopic (exact) mass is 405 g/mol. The van der Waals surface area contributed by atoms with Crippen molar-refractivity contribution in [3.63, 3.8) is 0 Å². The third-order valence-corrected chi connectivity index (χ3v) is 4.35. The largest absolute Gasteiger partial charge is 0.355 e. The first kappa shape index (κ1) is 20.8. The summed E-state index contributed by atoms with van der Waals surface area (Å²) >= 11 is 0. The van der Waals surface area contributed by atoms with Crippen LogP contribution in [0.1, 0.15) is 23.6 Å². The predicted octanol–water partition coefficient (Wildman–Crippen LogP) is 1.95. The summed E-state index contributed by atoms with van der Waals surface area (Å²) in [5.74, 6) is -0.887. The van der Waals surface area contributed by atoms with Gasteiger partial charge in [-0.3, -0.25) is 19.5 Å². The minimum absolute atomic E-state index is 0.0584. The van der Waals surface area contributed by atoms with Crippen LogP contribution in [0.25, 0.3) is 0 Å². The SMILES string of the molecule is O=C(Cc1ccccc1)NCCC(=O)NC(C(=O)Nc1cn[nH]c1)c1ccccc1. The van der Waals surface area contributed by atoms with Gasteiger partial charge in [0.2, 0.25) is 11.8 Å². The molecule has 1 unspecified atom stereocenters. The van der Waals surface area contributed by atoms with E-state index in [9.17, 15) is 14.4 Å². The highest BCUT2D eigenvalue weighted by Gasteiger charge is 2.23. The molecule has 4 N–H and O–H groups in total. The number of hydrogen-bond donors (Lipinski definition) is 4. The molecule has 2 aromatic carbocycles. The fourth-order valence-corrected chi connectivity index (χ4v) is 2.87. The van der Waals surface area contributed by atoms with Crippen molar-refractivity contribution >= 4 is 23.4 Å². The van der Waals surface area contributed by atoms with Gasteiger partial charge in [0.25, 0.3) is 5.91 Å². The van der Waals surface area contributed by atoms with Crippen LogP contribution < -0.4 is 16.0 Å². The molecule has 3 aromatic rings. The summed E-state index contributed by atoms with van der Waals surface area (Å²) in [6.45, 7) is 0.183. The maximum atomic E-state index is 12.7. The minimum Gasteiger partial charge on any atom is -0.355 e. The number of rotatable bonds is 9. The molecule has 30 heavy (non-hydrogen) atoms. The van der Waals surface area contributed by atoms with E-state index in [1.165, 1.54) is 6.20 Å². The van der Waals surface area contributed by atoms with Crippen molar-refractivity contribution in [2.75, 3.05) is 11.9 Å². The summed E-state index contributed by atoms with van der Waals surface area (Å²) < 4.78 is 0. The third kappa shape index (κ3) is 6.30. The molecule has 0 aliphatic heterocycles. The van der Waals surface area contributed by atoms with Gasteiger partial charge >= 0.3 is 0 Å². The maximum absolute atomic E-state index is 12.7. The molecule has 1 atom stereocenters. The number of aromatic nitrogens is 2. The number of hydrogen-bond acceptors (Lipinski definition) is 4. The number of anilines is 1. The van der Waals surface area contributed by atoms with Crippen LogP contribution in [0.2, 0.25) is 0 Å². The van der Waals surface area contributed by atoms with Gasteiger partial charge in [-0.25, -0.2) is 0 Å². The van der Waals surface area contributed by atoms with Crippen molar-refractivity contribution in [1.29, 1.82) is 0 Å². The molecule has 154 valence electrons. The quantitative estimate of drug-likeness (QED) is 0.435. The lowest BCUT2D eigenvalue weighted by molar-refractivity contribution is -0.127. The number of nitrogens with zero attached hydrogens (tertiary/aromatic N) is 1. The first-order valence-corrected chi connectivity index (χ1v) is 9.56. The summed E-state index contributed by atoms with van der Waals surface area (Å²) in [4.78, 5) is 37.1. The Balaban J connectivity index is 1.52. The van der Waals surface area contributed by atoms with E-state index in [0.29, 0.717) is 11.3 Å². The van der Waals surface area contributed by atoms with E-state index in [2.05, 4.69) is 26.1 Å². The lowest BCUT2D eigenvalue weighted by Gasteiger charge is -2.18. The average molecular weight is 405 g/mol. The van der Waals surface area contributed by atoms with E-state index < -0.39 is 6.04 Å². The van der Waals surface area contributed by atoms with Crippen molar-refractivity contribution in [2.24, 2.45) is 0 Å². The zero-order valence-electron chi connectivity index (χ0n) is 16.3. The molecule has 0 saturated carbocycles. The first-order chi connectivity index (χ1) is 14.6. The van der Waals surface area contributed by atoms with Gasteiger partial charge in [0.05, 0.1) is 18.3 Å². The Morgan fingerprint density at radius 1 is 0.933 bits per heavy atom. The number of carbonyl (C=O) groups excluding carboxylic acids is 3. The van der Waals surface area contributed by atoms with Crippen molar-refractivity contribution in [3.05, 3.63) is 84.2 Å². The van der Waals surface area contributed by atoms with Crippen LogP contribution in [0.3, 0.4) is 0 Å². The molecule has 3 amide bonds. The molecule has 0 aliphatic rings. The van der Waals surface area contributed by atoms with Crippen LogP contribution in [-0.4, -0.2) is 34.5 Å². The number of benzene rings is 2. The third-order valence-electron chi connectivity index (χ3n) is 4.35. The van der Waals surface area contributed by atoms with Gasteiger partial charge in [-0.05, 0) is 11.1 Å². The van der Waals surface area contributed by atoms with E-state index in [-0.39, 0.29) is 37.1 Å². The van der Waals surface area contributed by atoms with Gasteiger partial charge < -0.3 is 16.0 Å². The van der Waals surface area contributed by atoms with Gasteiger partial charge in [0.1, 0.15) is 6.04 Å². The van der Waals surface area contributed by atoms with Crippen LogP contribution >= 0.6 is 0 Å². The highest BCUT2D eigenvalue weighted by Crippen LogP contribution is 2.15. The highest BCUT2D eigenvalue weighted by molar-refractivity contribution is 5.97. The Bertz CT molecular complexity index is 959. The standard InChI is InChI=1S/C22H23N5O3/c28-19(11-12-23-20(29)13-16-7-3-1-4-8-16)27-21(17-9-5-2-6-10-17)22(30)26-18-14-24-25-15-18/h1-10,14-15,21H,11-13H2,(H,23,29)(H,24,25)(H,26,30)(H,27,28). The van der Waals surface area contributed by atoms with Gasteiger partial charge in [-0.2, -0.15) is 5.10 Å². The van der Waals surface area contributed by atoms with Crippen LogP contribution in [-0.2, 0) is 20.8 Å². The van der Waals surface area contributed by atoms with Crippen molar-refractivity contribution in [2.45, 2.75) is 18.9 Å². The Hall–Kier alpha value is -3.94. The maximum Gasteiger partial charge on any atom is 0.251 e. The second-order valence-electron chi connectivity index (χ2n) is 6.65. The fourth-order valence-electron chi connectivity index (χ4n) is 2.87. The lowest BCUT2D eigenvalue weighted by atomic mass is 10.1. The van der Waals surface area contributed by atoms with Crippen LogP contribution in [0, 0.1) is 0 Å². The number of amides is 3. The van der Waals surface area contributed by atoms with Crippen LogP contribution in [0.4, 0.5) is 5.69 Å². The second kappa shape index (κ2) is 10.6. The fraction of sp³-hybridized carbons (Fsp3) is 0.182. The molecule has 0 radical (unpaired) electrons. The van der Waals surface area contributed by atoms with Gasteiger partial charge in [0.15, 0.2) is 0 Å². The summed E-state index contributed by atoms with van der Waals surface area (Å²) in [7, 11) is 0. The molecule has 0 bridgehead atoms. The molecule has 1 heterocycles. The smallest absolute Gasteiger partial charge is 0.251 e. The Kier molecular flexibility index (Phi) is 7.32. The van der Waals surface area contributed by atoms with Crippen LogP contribution in [0.5, 0.6) is 0 Å². The second-order valence-corrected chi connectivity index (χ2v) is 6.65. The first-order valence-electron chi connectivity index (χ1n) is 9.56. The lowest BCUT2D eigenvalue weighted by Crippen LogP contribution is -2.38. The molecule has 0 fully saturated rings. The zero-order valence-corrected chi connectivity index (χ0v) is 16.3. The van der Waals surface area contributed by atoms with Crippen molar-refractivity contribution in [3.8, 4) is 0 Å². The zero-order chi connectivity index (χ0) is 21.2. The van der Waals surface area contributed by atoms with E-state index in [1.54, 1.807) is 30.5 Å². The Labute approximate surface area is 174 Å². The van der Waals surface area contributed by atoms with E-state index in [1.807, 2.05) is 36.4 Å². The Morgan fingerprint density at radius 3 is 2.30 bits per heavy atom. The predicted molar refractivity (Wildman–Crippen MR) is 112 cm³/mol. The highest BCUT2D eigenvalue weighted by atomic mass is 16.2. The summed E-state index contributed by atoms with van der Waals surface area (Å²) in [6, 6.07) is 17.5. The number of H-pyrrole nitrogens is 1. The number of aromatic amines is 1. The average Bonchev–Trinajstić information content (AvgIpc) is 3.26. The topological polar surface area (TPSA) is 116 Å². The molecule has 8 heteroatoms. The van der Waals surface area contributed by atoms with Crippen molar-refractivity contribution in [1.82, 2.24) is 20.8 Å². The van der Waals surface area contributed by atoms with Crippen molar-refractivity contribution < 1.29 is 14.4 Å². The molecule has 0 spiro atoms. The summed E-state index contributed by atoms with van der Waals surface area (Å²) in [5.41, 5.74) is 2.06. The molecule has 0 saturated heterocycles. The van der Waals surface area contributed by atoms with E-state index >= 15 is 0 Å². The molecular weight excluding hydrogens is 382 g/mol. The number of nitrogens with one attached hydrogen (secondary N) is 4.